The van der Waals surface area contributed by atoms with Crippen LogP contribution in [0, 0.1) is 0 Å². The number of rotatable bonds is 11. The predicted octanol–water partition coefficient (Wildman–Crippen LogP) is 5.40. The van der Waals surface area contributed by atoms with Crippen molar-refractivity contribution < 1.29 is 43.9 Å². The Labute approximate surface area is 275 Å². The fourth-order valence-corrected chi connectivity index (χ4v) is 6.16. The van der Waals surface area contributed by atoms with E-state index in [1.54, 1.807) is 11.8 Å². The molecule has 0 spiro atoms. The van der Waals surface area contributed by atoms with Crippen LogP contribution < -0.4 is 14.2 Å². The van der Waals surface area contributed by atoms with Crippen molar-refractivity contribution in [3.63, 3.8) is 0 Å². The van der Waals surface area contributed by atoms with Crippen LogP contribution in [-0.4, -0.2) is 88.8 Å². The van der Waals surface area contributed by atoms with Crippen LogP contribution in [0.5, 0.6) is 23.0 Å². The van der Waals surface area contributed by atoms with Gasteiger partial charge in [-0.15, -0.1) is 11.8 Å². The van der Waals surface area contributed by atoms with E-state index in [4.69, 9.17) is 24.4 Å². The molecule has 2 aliphatic rings. The highest BCUT2D eigenvalue weighted by atomic mass is 32.2. The molecule has 2 heterocycles. The summed E-state index contributed by atoms with van der Waals surface area (Å²) >= 11 is 1.68. The van der Waals surface area contributed by atoms with Crippen LogP contribution in [0.3, 0.4) is 0 Å². The first-order chi connectivity index (χ1) is 21.5. The van der Waals surface area contributed by atoms with Crippen molar-refractivity contribution in [3.8, 4) is 23.0 Å². The maximum atomic E-state index is 12.9. The number of carboxylic acid groups (broad SMARTS) is 2. The molecule has 0 radical (unpaired) electrons. The highest BCUT2D eigenvalue weighted by Crippen LogP contribution is 2.45. The lowest BCUT2D eigenvalue weighted by atomic mass is 9.78. The van der Waals surface area contributed by atoms with Crippen LogP contribution >= 0.6 is 11.8 Å². The van der Waals surface area contributed by atoms with Crippen LogP contribution in [-0.2, 0) is 25.2 Å². The van der Waals surface area contributed by atoms with Crippen LogP contribution in [0.15, 0.2) is 42.5 Å². The molecule has 0 saturated carbocycles. The number of fused-ring (bicyclic) bond motifs is 1. The van der Waals surface area contributed by atoms with Crippen molar-refractivity contribution in [3.05, 3.63) is 59.2 Å². The van der Waals surface area contributed by atoms with E-state index in [1.807, 2.05) is 23.1 Å². The quantitative estimate of drug-likeness (QED) is 0.267. The van der Waals surface area contributed by atoms with Gasteiger partial charge in [-0.25, -0.2) is 9.59 Å². The number of ether oxygens (including phenoxy) is 3. The van der Waals surface area contributed by atoms with Crippen LogP contribution in [0.4, 0.5) is 0 Å². The van der Waals surface area contributed by atoms with E-state index in [-0.39, 0.29) is 28.9 Å². The number of carbonyl (C=O) groups excluding carboxylic acids is 1. The molecule has 1 amide bonds. The third kappa shape index (κ3) is 10.3. The summed E-state index contributed by atoms with van der Waals surface area (Å²) in [5.41, 5.74) is 2.55. The first-order valence-corrected chi connectivity index (χ1v) is 16.2. The average Bonchev–Trinajstić information content (AvgIpc) is 3.57. The Kier molecular flexibility index (Phi) is 12.4. The lowest BCUT2D eigenvalue weighted by molar-refractivity contribution is -0.134. The maximum Gasteiger partial charge on any atom is 0.328 e. The minimum absolute atomic E-state index is 0.0371. The summed E-state index contributed by atoms with van der Waals surface area (Å²) in [6, 6.07) is 9.83. The zero-order valence-electron chi connectivity index (χ0n) is 27.7. The Bertz CT molecular complexity index is 1380. The molecule has 1 saturated heterocycles. The molecule has 252 valence electrons. The van der Waals surface area contributed by atoms with E-state index in [1.165, 1.54) is 0 Å². The molecule has 3 N–H and O–H groups in total. The topological polar surface area (TPSA) is 146 Å². The number of carboxylic acids is 2. The molecule has 0 aromatic heterocycles. The molecule has 12 heteroatoms. The number of hydrogen-bond acceptors (Lipinski definition) is 9. The molecule has 0 bridgehead atoms. The Hall–Kier alpha value is -3.90. The second-order valence-corrected chi connectivity index (χ2v) is 14.3. The molecule has 2 aromatic rings. The van der Waals surface area contributed by atoms with Crippen molar-refractivity contribution in [1.29, 1.82) is 0 Å². The zero-order chi connectivity index (χ0) is 34.2. The van der Waals surface area contributed by atoms with E-state index in [0.29, 0.717) is 36.8 Å². The first-order valence-electron chi connectivity index (χ1n) is 15.1. The van der Waals surface area contributed by atoms with Gasteiger partial charge in [0.2, 0.25) is 12.7 Å². The van der Waals surface area contributed by atoms with Crippen molar-refractivity contribution in [2.24, 2.45) is 0 Å². The van der Waals surface area contributed by atoms with Gasteiger partial charge in [-0.1, -0.05) is 41.5 Å². The maximum absolute atomic E-state index is 12.9. The standard InChI is InChI=1S/C30H42N2O5S.C4H4O4/c1-29(2,3)22-15-20(16-23(27(22)34)30(4,5)6)28-32(26(33)18-38-28)12-8-11-31(7)13-14-35-21-9-10-24-25(17-21)37-19-36-24;5-3(6)1-2-4(7)8/h9-10,15-17,28,34H,8,11-14,18-19H2,1-7H3;1-2H,(H,5,6)(H,7,8)/b;2-1+/t28-;/m1./s1. The third-order valence-electron chi connectivity index (χ3n) is 7.39. The van der Waals surface area contributed by atoms with Gasteiger partial charge in [0.25, 0.3) is 0 Å². The summed E-state index contributed by atoms with van der Waals surface area (Å²) < 4.78 is 16.7. The van der Waals surface area contributed by atoms with E-state index in [2.05, 4.69) is 65.6 Å². The summed E-state index contributed by atoms with van der Waals surface area (Å²) in [6.45, 7) is 15.9. The van der Waals surface area contributed by atoms with Gasteiger partial charge in [-0.05, 0) is 71.8 Å². The minimum Gasteiger partial charge on any atom is -0.507 e. The van der Waals surface area contributed by atoms with Gasteiger partial charge in [0.1, 0.15) is 23.5 Å². The van der Waals surface area contributed by atoms with Gasteiger partial charge in [-0.2, -0.15) is 0 Å². The summed E-state index contributed by atoms with van der Waals surface area (Å²) in [6.07, 6.45) is 1.99. The molecule has 1 fully saturated rings. The average molecular weight is 659 g/mol. The molecule has 0 aliphatic carbocycles. The summed E-state index contributed by atoms with van der Waals surface area (Å²) in [5, 5.41) is 26.7. The Balaban J connectivity index is 0.000000637. The van der Waals surface area contributed by atoms with Crippen LogP contribution in [0.1, 0.15) is 70.0 Å². The number of likely N-dealkylation sites (N-methyl/N-ethyl adjacent to an activating group) is 1. The first kappa shape index (κ1) is 36.6. The SMILES string of the molecule is CN(CCCN1C(=O)CS[C@@H]1c1cc(C(C)(C)C)c(O)c(C(C)(C)C)c1)CCOc1ccc2c(c1)OCO2.O=C(O)/C=C/C(=O)O. The third-order valence-corrected chi connectivity index (χ3v) is 8.65. The number of amides is 1. The highest BCUT2D eigenvalue weighted by Gasteiger charge is 2.35. The van der Waals surface area contributed by atoms with Crippen molar-refractivity contribution in [2.45, 2.75) is 64.2 Å². The smallest absolute Gasteiger partial charge is 0.328 e. The van der Waals surface area contributed by atoms with Gasteiger partial charge >= 0.3 is 11.9 Å². The molecule has 1 atom stereocenters. The van der Waals surface area contributed by atoms with Gasteiger partial charge < -0.3 is 39.3 Å². The normalized spacial score (nSPS) is 16.1. The van der Waals surface area contributed by atoms with Crippen LogP contribution in [0.2, 0.25) is 0 Å². The van der Waals surface area contributed by atoms with Crippen molar-refractivity contribution in [2.75, 3.05) is 45.8 Å². The van der Waals surface area contributed by atoms with E-state index in [0.717, 1.165) is 53.4 Å². The number of aliphatic carboxylic acids is 2. The highest BCUT2D eigenvalue weighted by molar-refractivity contribution is 8.00. The number of phenolic OH excluding ortho intramolecular Hbond substituents is 1. The molecule has 4 rings (SSSR count). The number of nitrogens with zero attached hydrogens (tertiary/aromatic N) is 2. The monoisotopic (exact) mass is 658 g/mol. The van der Waals surface area contributed by atoms with E-state index < -0.39 is 11.9 Å². The van der Waals surface area contributed by atoms with Crippen molar-refractivity contribution >= 4 is 29.6 Å². The minimum atomic E-state index is -1.26. The summed E-state index contributed by atoms with van der Waals surface area (Å²) in [7, 11) is 2.08. The largest absolute Gasteiger partial charge is 0.507 e. The van der Waals surface area contributed by atoms with Gasteiger partial charge in [0.15, 0.2) is 11.5 Å². The predicted molar refractivity (Wildman–Crippen MR) is 177 cm³/mol. The molecular weight excluding hydrogens is 612 g/mol. The molecule has 0 unspecified atom stereocenters. The summed E-state index contributed by atoms with van der Waals surface area (Å²) in [4.78, 5) is 36.2. The molecule has 46 heavy (non-hydrogen) atoms. The fourth-order valence-electron chi connectivity index (χ4n) is 4.97. The Morgan fingerprint density at radius 2 is 1.57 bits per heavy atom. The molecule has 11 nitrogen and oxygen atoms in total. The lowest BCUT2D eigenvalue weighted by Gasteiger charge is -2.31. The number of thioether (sulfide) groups is 1. The zero-order valence-corrected chi connectivity index (χ0v) is 28.5. The number of benzene rings is 2. The number of phenols is 1. The Morgan fingerprint density at radius 1 is 0.978 bits per heavy atom. The van der Waals surface area contributed by atoms with Crippen molar-refractivity contribution in [1.82, 2.24) is 9.80 Å². The van der Waals surface area contributed by atoms with Crippen LogP contribution in [0.25, 0.3) is 0 Å². The number of aromatic hydroxyl groups is 1. The second-order valence-electron chi connectivity index (χ2n) is 13.2. The van der Waals surface area contributed by atoms with Gasteiger partial charge in [0, 0.05) is 31.3 Å². The molecule has 2 aromatic carbocycles. The van der Waals surface area contributed by atoms with Gasteiger partial charge in [-0.3, -0.25) is 4.79 Å². The van der Waals surface area contributed by atoms with E-state index in [9.17, 15) is 19.5 Å². The van der Waals surface area contributed by atoms with Gasteiger partial charge in [0.05, 0.1) is 5.75 Å². The summed E-state index contributed by atoms with van der Waals surface area (Å²) in [5.74, 6) is 0.759. The number of carbonyl (C=O) groups is 3. The lowest BCUT2D eigenvalue weighted by Crippen LogP contribution is -2.33. The second kappa shape index (κ2) is 15.6. The molecular formula is C34H46N2O9S. The molecule has 2 aliphatic heterocycles. The van der Waals surface area contributed by atoms with E-state index >= 15 is 0 Å². The fraction of sp³-hybridized carbons (Fsp3) is 0.500. The number of hydrogen-bond donors (Lipinski definition) is 3. The Morgan fingerprint density at radius 3 is 2.13 bits per heavy atom.